The maximum atomic E-state index is 12.0. The molecule has 5 nitrogen and oxygen atoms in total. The molecular weight excluding hydrogens is 444 g/mol. The van der Waals surface area contributed by atoms with Crippen LogP contribution in [0.25, 0.3) is 0 Å². The number of pyridine rings is 1. The van der Waals surface area contributed by atoms with Crippen LogP contribution in [-0.4, -0.2) is 14.8 Å². The summed E-state index contributed by atoms with van der Waals surface area (Å²) >= 11 is 18.3. The molecule has 0 bridgehead atoms. The van der Waals surface area contributed by atoms with Gasteiger partial charge in [0.1, 0.15) is 5.60 Å². The maximum Gasteiger partial charge on any atom is 0.470 e. The maximum absolute atomic E-state index is 12.0. The number of hydrogen-bond donors (Lipinski definition) is 2. The van der Waals surface area contributed by atoms with Crippen molar-refractivity contribution in [3.8, 4) is 0 Å². The lowest BCUT2D eigenvalue weighted by Gasteiger charge is -2.35. The fourth-order valence-electron chi connectivity index (χ4n) is 2.97. The fourth-order valence-corrected chi connectivity index (χ4v) is 4.25. The zero-order valence-corrected chi connectivity index (χ0v) is 17.5. The molecule has 1 unspecified atom stereocenters. The molecule has 3 aromatic rings. The molecule has 9 heteroatoms. The summed E-state index contributed by atoms with van der Waals surface area (Å²) in [6.07, 6.45) is 3.08. The summed E-state index contributed by atoms with van der Waals surface area (Å²) in [6, 6.07) is 14.8. The minimum absolute atomic E-state index is 0.0292. The zero-order chi connectivity index (χ0) is 20.4. The van der Waals surface area contributed by atoms with Crippen molar-refractivity contribution >= 4 is 42.6 Å². The van der Waals surface area contributed by atoms with Gasteiger partial charge in [0.05, 0.1) is 0 Å². The standard InChI is InChI=1S/C19H15Cl3NO4P/c20-16-7-4-14(5-8-16)19(27-28(24,25)26,15-2-1-9-23-12-15)11-13-3-6-17(21)10-18(13)22/h1-10,12H,11H2,(H2,24,25,26). The average molecular weight is 459 g/mol. The van der Waals surface area contributed by atoms with Crippen molar-refractivity contribution in [3.05, 3.63) is 98.7 Å². The third kappa shape index (κ3) is 4.94. The van der Waals surface area contributed by atoms with Crippen LogP contribution in [0, 0.1) is 0 Å². The average Bonchev–Trinajstić information content (AvgIpc) is 2.63. The van der Waals surface area contributed by atoms with Crippen molar-refractivity contribution in [2.45, 2.75) is 12.0 Å². The summed E-state index contributed by atoms with van der Waals surface area (Å²) in [7, 11) is -4.92. The highest BCUT2D eigenvalue weighted by atomic mass is 35.5. The Morgan fingerprint density at radius 3 is 2.21 bits per heavy atom. The van der Waals surface area contributed by atoms with E-state index in [1.165, 1.54) is 6.20 Å². The Bertz CT molecular complexity index is 1010. The molecule has 0 saturated carbocycles. The minimum Gasteiger partial charge on any atom is -0.303 e. The summed E-state index contributed by atoms with van der Waals surface area (Å²) in [5.74, 6) is 0. The number of benzene rings is 2. The molecular formula is C19H15Cl3NO4P. The number of phosphoric ester groups is 1. The number of phosphoric acid groups is 1. The van der Waals surface area contributed by atoms with E-state index >= 15 is 0 Å². The summed E-state index contributed by atoms with van der Waals surface area (Å²) in [4.78, 5) is 23.5. The first kappa shape index (κ1) is 21.3. The SMILES string of the molecule is O=P(O)(O)OC(Cc1ccc(Cl)cc1Cl)(c1ccc(Cl)cc1)c1cccnc1. The van der Waals surface area contributed by atoms with E-state index in [1.807, 2.05) is 0 Å². The largest absolute Gasteiger partial charge is 0.470 e. The van der Waals surface area contributed by atoms with Gasteiger partial charge in [-0.15, -0.1) is 0 Å². The van der Waals surface area contributed by atoms with Crippen LogP contribution in [0.15, 0.2) is 67.0 Å². The highest BCUT2D eigenvalue weighted by Crippen LogP contribution is 2.50. The van der Waals surface area contributed by atoms with Crippen molar-refractivity contribution in [1.29, 1.82) is 0 Å². The van der Waals surface area contributed by atoms with Crippen molar-refractivity contribution in [3.63, 3.8) is 0 Å². The minimum atomic E-state index is -4.92. The predicted octanol–water partition coefficient (Wildman–Crippen LogP) is 5.64. The van der Waals surface area contributed by atoms with E-state index in [-0.39, 0.29) is 6.42 Å². The molecule has 146 valence electrons. The van der Waals surface area contributed by atoms with Crippen LogP contribution in [0.5, 0.6) is 0 Å². The molecule has 0 aliphatic rings. The van der Waals surface area contributed by atoms with Crippen molar-refractivity contribution in [1.82, 2.24) is 4.98 Å². The molecule has 0 fully saturated rings. The van der Waals surface area contributed by atoms with Gasteiger partial charge in [-0.3, -0.25) is 9.51 Å². The predicted molar refractivity (Wildman–Crippen MR) is 110 cm³/mol. The lowest BCUT2D eigenvalue weighted by atomic mass is 9.82. The zero-order valence-electron chi connectivity index (χ0n) is 14.3. The van der Waals surface area contributed by atoms with Crippen molar-refractivity contribution in [2.24, 2.45) is 0 Å². The van der Waals surface area contributed by atoms with Gasteiger partial charge in [0.25, 0.3) is 0 Å². The molecule has 0 aliphatic heterocycles. The lowest BCUT2D eigenvalue weighted by molar-refractivity contribution is 0.0649. The Labute approximate surface area is 177 Å². The monoisotopic (exact) mass is 457 g/mol. The third-order valence-electron chi connectivity index (χ3n) is 4.17. The van der Waals surface area contributed by atoms with E-state index in [9.17, 15) is 14.4 Å². The molecule has 0 saturated heterocycles. The van der Waals surface area contributed by atoms with E-state index in [0.717, 1.165) is 0 Å². The first-order valence-corrected chi connectivity index (χ1v) is 10.7. The van der Waals surface area contributed by atoms with Crippen LogP contribution < -0.4 is 0 Å². The normalized spacial score (nSPS) is 13.9. The van der Waals surface area contributed by atoms with Gasteiger partial charge in [-0.05, 0) is 41.5 Å². The fraction of sp³-hybridized carbons (Fsp3) is 0.105. The van der Waals surface area contributed by atoms with E-state index < -0.39 is 13.4 Å². The van der Waals surface area contributed by atoms with E-state index in [2.05, 4.69) is 4.98 Å². The van der Waals surface area contributed by atoms with Crippen LogP contribution in [0.1, 0.15) is 16.7 Å². The van der Waals surface area contributed by atoms with Gasteiger partial charge in [0, 0.05) is 39.4 Å². The molecule has 0 amide bonds. The Kier molecular flexibility index (Phi) is 6.47. The number of aromatic nitrogens is 1. The Morgan fingerprint density at radius 1 is 0.964 bits per heavy atom. The second-order valence-corrected chi connectivity index (χ2v) is 8.51. The third-order valence-corrected chi connectivity index (χ3v) is 5.56. The molecule has 1 aromatic heterocycles. The molecule has 1 heterocycles. The molecule has 28 heavy (non-hydrogen) atoms. The van der Waals surface area contributed by atoms with Crippen molar-refractivity contribution in [2.75, 3.05) is 0 Å². The van der Waals surface area contributed by atoms with Gasteiger partial charge in [-0.2, -0.15) is 0 Å². The molecule has 0 radical (unpaired) electrons. The van der Waals surface area contributed by atoms with Gasteiger partial charge in [-0.1, -0.05) is 59.1 Å². The van der Waals surface area contributed by atoms with Gasteiger partial charge >= 0.3 is 7.82 Å². The molecule has 2 aromatic carbocycles. The second kappa shape index (κ2) is 8.52. The Morgan fingerprint density at radius 2 is 1.64 bits per heavy atom. The van der Waals surface area contributed by atoms with Crippen molar-refractivity contribution < 1.29 is 18.9 Å². The van der Waals surface area contributed by atoms with Crippen LogP contribution in [0.3, 0.4) is 0 Å². The second-order valence-electron chi connectivity index (χ2n) is 6.07. The van der Waals surface area contributed by atoms with Crippen LogP contribution >= 0.6 is 42.6 Å². The van der Waals surface area contributed by atoms with E-state index in [4.69, 9.17) is 39.3 Å². The van der Waals surface area contributed by atoms with Crippen LogP contribution in [-0.2, 0) is 21.1 Å². The van der Waals surface area contributed by atoms with Crippen LogP contribution in [0.4, 0.5) is 0 Å². The van der Waals surface area contributed by atoms with E-state index in [1.54, 1.807) is 60.8 Å². The first-order valence-electron chi connectivity index (χ1n) is 8.06. The Hall–Kier alpha value is -1.43. The first-order chi connectivity index (χ1) is 13.2. The highest BCUT2D eigenvalue weighted by Gasteiger charge is 2.42. The topological polar surface area (TPSA) is 79.7 Å². The summed E-state index contributed by atoms with van der Waals surface area (Å²) in [5, 5.41) is 1.27. The van der Waals surface area contributed by atoms with Gasteiger partial charge < -0.3 is 9.79 Å². The van der Waals surface area contributed by atoms with Gasteiger partial charge in [0.2, 0.25) is 0 Å². The van der Waals surface area contributed by atoms with Gasteiger partial charge in [-0.25, -0.2) is 4.57 Å². The number of rotatable bonds is 6. The molecule has 0 spiro atoms. The molecule has 1 atom stereocenters. The number of nitrogens with zero attached hydrogens (tertiary/aromatic N) is 1. The summed E-state index contributed by atoms with van der Waals surface area (Å²) in [6.45, 7) is 0. The summed E-state index contributed by atoms with van der Waals surface area (Å²) < 4.78 is 17.4. The lowest BCUT2D eigenvalue weighted by Crippen LogP contribution is -2.33. The van der Waals surface area contributed by atoms with E-state index in [0.29, 0.717) is 31.8 Å². The van der Waals surface area contributed by atoms with Gasteiger partial charge in [0.15, 0.2) is 0 Å². The Balaban J connectivity index is 2.25. The smallest absolute Gasteiger partial charge is 0.303 e. The summed E-state index contributed by atoms with van der Waals surface area (Å²) in [5.41, 5.74) is -0.0285. The molecule has 2 N–H and O–H groups in total. The highest BCUT2D eigenvalue weighted by molar-refractivity contribution is 7.46. The quantitative estimate of drug-likeness (QED) is 0.468. The number of halogens is 3. The molecule has 3 rings (SSSR count). The van der Waals surface area contributed by atoms with Crippen LogP contribution in [0.2, 0.25) is 15.1 Å². The number of hydrogen-bond acceptors (Lipinski definition) is 3. The molecule has 0 aliphatic carbocycles.